The second-order valence-electron chi connectivity index (χ2n) is 16.4. The molecule has 52 heavy (non-hydrogen) atoms. The molecule has 2 fully saturated rings. The summed E-state index contributed by atoms with van der Waals surface area (Å²) in [7, 11) is 1.18. The van der Waals surface area contributed by atoms with Crippen molar-refractivity contribution in [2.45, 2.75) is 122 Å². The van der Waals surface area contributed by atoms with Gasteiger partial charge in [-0.2, -0.15) is 4.98 Å². The molecule has 13 heteroatoms. The van der Waals surface area contributed by atoms with Gasteiger partial charge in [0.15, 0.2) is 14.1 Å². The Kier molecular flexibility index (Phi) is 11.6. The van der Waals surface area contributed by atoms with E-state index in [9.17, 15) is 4.79 Å². The molecule has 0 radical (unpaired) electrons. The van der Waals surface area contributed by atoms with Crippen LogP contribution in [-0.4, -0.2) is 74.8 Å². The Morgan fingerprint density at radius 1 is 0.904 bits per heavy atom. The summed E-state index contributed by atoms with van der Waals surface area (Å²) < 4.78 is 42.7. The van der Waals surface area contributed by atoms with Crippen molar-refractivity contribution in [3.63, 3.8) is 0 Å². The van der Waals surface area contributed by atoms with E-state index in [0.717, 1.165) is 16.9 Å². The van der Waals surface area contributed by atoms with E-state index in [2.05, 4.69) is 39.2 Å². The molecule has 0 saturated carbocycles. The van der Waals surface area contributed by atoms with Crippen LogP contribution in [0.3, 0.4) is 0 Å². The summed E-state index contributed by atoms with van der Waals surface area (Å²) in [5, 5.41) is 3.78. The minimum Gasteiger partial charge on any atom is -0.497 e. The van der Waals surface area contributed by atoms with Crippen LogP contribution in [-0.2, 0) is 31.8 Å². The Bertz CT molecular complexity index is 1670. The van der Waals surface area contributed by atoms with E-state index in [1.807, 2.05) is 83.1 Å². The van der Waals surface area contributed by atoms with Crippen LogP contribution in [0.15, 0.2) is 54.7 Å². The molecule has 0 bridgehead atoms. The molecular formula is C39H56N4O8Si. The Hall–Kier alpha value is -3.75. The third-order valence-corrected chi connectivity index (χ3v) is 14.2. The molecule has 12 nitrogen and oxygen atoms in total. The molecule has 3 aromatic rings. The van der Waals surface area contributed by atoms with Crippen LogP contribution in [0.5, 0.6) is 17.4 Å². The predicted octanol–water partition coefficient (Wildman–Crippen LogP) is 7.57. The highest BCUT2D eigenvalue weighted by molar-refractivity contribution is 6.74. The Morgan fingerprint density at radius 2 is 1.48 bits per heavy atom. The van der Waals surface area contributed by atoms with E-state index in [4.69, 9.17) is 42.8 Å². The third kappa shape index (κ3) is 9.42. The van der Waals surface area contributed by atoms with Crippen molar-refractivity contribution in [3.8, 4) is 17.4 Å². The first-order valence-electron chi connectivity index (χ1n) is 17.8. The fourth-order valence-corrected chi connectivity index (χ4v) is 6.91. The molecule has 1 amide bonds. The smallest absolute Gasteiger partial charge is 0.417 e. The van der Waals surface area contributed by atoms with Gasteiger partial charge in [0, 0.05) is 6.20 Å². The lowest BCUT2D eigenvalue weighted by Crippen LogP contribution is -2.47. The van der Waals surface area contributed by atoms with Crippen molar-refractivity contribution in [1.82, 2.24) is 15.3 Å². The first-order chi connectivity index (χ1) is 24.3. The molecule has 0 unspecified atom stereocenters. The zero-order valence-corrected chi connectivity index (χ0v) is 33.7. The second-order valence-corrected chi connectivity index (χ2v) is 21.2. The monoisotopic (exact) mass is 736 g/mol. The molecule has 2 saturated heterocycles. The van der Waals surface area contributed by atoms with Crippen molar-refractivity contribution in [2.24, 2.45) is 0 Å². The molecule has 1 aromatic heterocycles. The number of fused-ring (bicyclic) bond motifs is 1. The predicted molar refractivity (Wildman–Crippen MR) is 201 cm³/mol. The van der Waals surface area contributed by atoms with Crippen molar-refractivity contribution < 1.29 is 37.6 Å². The fraction of sp³-hybridized carbons (Fsp3) is 0.564. The lowest BCUT2D eigenvalue weighted by atomic mass is 10.0. The number of anilines is 1. The number of carbonyl (C=O) groups is 1. The minimum atomic E-state index is -2.06. The van der Waals surface area contributed by atoms with E-state index in [-0.39, 0.29) is 42.4 Å². The summed E-state index contributed by atoms with van der Waals surface area (Å²) in [5.74, 6) is 1.09. The number of amides is 1. The zero-order valence-electron chi connectivity index (χ0n) is 32.7. The van der Waals surface area contributed by atoms with Gasteiger partial charge in [0.2, 0.25) is 11.8 Å². The first kappa shape index (κ1) is 39.5. The number of hydrogen-bond donors (Lipinski definition) is 1. The molecule has 3 heterocycles. The van der Waals surface area contributed by atoms with Crippen LogP contribution >= 0.6 is 0 Å². The molecular weight excluding hydrogens is 681 g/mol. The standard InChI is InChI=1S/C39H56N4O8Si/c1-37(2,3)51-36(44)43(22-25-13-17-27(45-9)18-14-25)35-40-21-29(34(42-35)47-23-26-15-19-28(46-10)20-16-26)31-33-32(49-39(7,8)50-33)30(41-31)24-48-52(11,12)38(4,5)6/h13-21,30-33,41H,22-24H2,1-12H3/t30-,31+,32-,33+/m1/s1. The third-order valence-electron chi connectivity index (χ3n) is 9.70. The van der Waals surface area contributed by atoms with Crippen molar-refractivity contribution in [2.75, 3.05) is 25.7 Å². The molecule has 0 spiro atoms. The summed E-state index contributed by atoms with van der Waals surface area (Å²) in [6.45, 7) is 21.3. The number of methoxy groups -OCH3 is 2. The van der Waals surface area contributed by atoms with Crippen LogP contribution in [0.4, 0.5) is 10.7 Å². The van der Waals surface area contributed by atoms with E-state index in [1.54, 1.807) is 20.4 Å². The van der Waals surface area contributed by atoms with Gasteiger partial charge < -0.3 is 38.2 Å². The highest BCUT2D eigenvalue weighted by Crippen LogP contribution is 2.45. The van der Waals surface area contributed by atoms with Crippen LogP contribution < -0.4 is 24.4 Å². The molecule has 5 rings (SSSR count). The van der Waals surface area contributed by atoms with Crippen LogP contribution in [0, 0.1) is 0 Å². The molecule has 2 aromatic carbocycles. The second kappa shape index (κ2) is 15.3. The molecule has 4 atom stereocenters. The normalized spacial score (nSPS) is 21.4. The Balaban J connectivity index is 1.53. The lowest BCUT2D eigenvalue weighted by Gasteiger charge is -2.37. The lowest BCUT2D eigenvalue weighted by molar-refractivity contribution is -0.157. The van der Waals surface area contributed by atoms with Gasteiger partial charge in [0.1, 0.15) is 35.9 Å². The molecule has 284 valence electrons. The number of benzene rings is 2. The largest absolute Gasteiger partial charge is 0.497 e. The number of hydrogen-bond acceptors (Lipinski definition) is 11. The van der Waals surface area contributed by atoms with Gasteiger partial charge in [0.05, 0.1) is 45.0 Å². The summed E-state index contributed by atoms with van der Waals surface area (Å²) in [6.07, 6.45) is 0.458. The van der Waals surface area contributed by atoms with Gasteiger partial charge in [-0.05, 0) is 88.1 Å². The summed E-state index contributed by atoms with van der Waals surface area (Å²) in [5.41, 5.74) is 1.68. The highest BCUT2D eigenvalue weighted by atomic mass is 28.4. The first-order valence-corrected chi connectivity index (χ1v) is 20.7. The minimum absolute atomic E-state index is 0.0503. The number of nitrogens with zero attached hydrogens (tertiary/aromatic N) is 3. The van der Waals surface area contributed by atoms with Gasteiger partial charge in [-0.25, -0.2) is 14.7 Å². The maximum absolute atomic E-state index is 13.8. The fourth-order valence-electron chi connectivity index (χ4n) is 5.88. The van der Waals surface area contributed by atoms with Gasteiger partial charge in [-0.15, -0.1) is 0 Å². The average molecular weight is 737 g/mol. The van der Waals surface area contributed by atoms with Gasteiger partial charge >= 0.3 is 6.09 Å². The number of ether oxygens (including phenoxy) is 6. The maximum atomic E-state index is 13.8. The molecule has 1 N–H and O–H groups in total. The number of aromatic nitrogens is 2. The number of carbonyl (C=O) groups excluding carboxylic acids is 1. The number of rotatable bonds is 12. The van der Waals surface area contributed by atoms with E-state index in [1.165, 1.54) is 4.90 Å². The van der Waals surface area contributed by atoms with E-state index >= 15 is 0 Å². The van der Waals surface area contributed by atoms with Crippen molar-refractivity contribution >= 4 is 20.4 Å². The van der Waals surface area contributed by atoms with Gasteiger partial charge in [0.25, 0.3) is 0 Å². The average Bonchev–Trinajstić information content (AvgIpc) is 3.56. The van der Waals surface area contributed by atoms with E-state index < -0.39 is 31.8 Å². The topological polar surface area (TPSA) is 123 Å². The van der Waals surface area contributed by atoms with Gasteiger partial charge in [-0.1, -0.05) is 45.0 Å². The summed E-state index contributed by atoms with van der Waals surface area (Å²) >= 11 is 0. The zero-order chi connectivity index (χ0) is 38.1. The maximum Gasteiger partial charge on any atom is 0.417 e. The van der Waals surface area contributed by atoms with Crippen molar-refractivity contribution in [1.29, 1.82) is 0 Å². The van der Waals surface area contributed by atoms with E-state index in [0.29, 0.717) is 23.8 Å². The highest BCUT2D eigenvalue weighted by Gasteiger charge is 2.55. The van der Waals surface area contributed by atoms with Crippen LogP contribution in [0.25, 0.3) is 0 Å². The quantitative estimate of drug-likeness (QED) is 0.185. The molecule has 2 aliphatic heterocycles. The van der Waals surface area contributed by atoms with Gasteiger partial charge in [-0.3, -0.25) is 0 Å². The SMILES string of the molecule is COc1ccc(COc2nc(N(Cc3ccc(OC)cc3)C(=O)OC(C)(C)C)ncc2[C@@H]2N[C@H](CO[Si](C)(C)C(C)(C)C)[C@H]3OC(C)(C)O[C@H]32)cc1. The Labute approximate surface area is 309 Å². The molecule has 0 aliphatic carbocycles. The Morgan fingerprint density at radius 3 is 2.04 bits per heavy atom. The van der Waals surface area contributed by atoms with Crippen molar-refractivity contribution in [3.05, 3.63) is 71.4 Å². The number of nitrogens with one attached hydrogen (secondary N) is 1. The van der Waals surface area contributed by atoms with Crippen LogP contribution in [0.1, 0.15) is 78.1 Å². The molecule has 2 aliphatic rings. The summed E-state index contributed by atoms with van der Waals surface area (Å²) in [6, 6.07) is 14.5. The van der Waals surface area contributed by atoms with Crippen LogP contribution in [0.2, 0.25) is 18.1 Å². The summed E-state index contributed by atoms with van der Waals surface area (Å²) in [4.78, 5) is 24.9.